The zero-order valence-electron chi connectivity index (χ0n) is 9.91. The zero-order valence-corrected chi connectivity index (χ0v) is 9.91. The Labute approximate surface area is 91.6 Å². The lowest BCUT2D eigenvalue weighted by atomic mass is 9.96. The second-order valence-corrected chi connectivity index (χ2v) is 4.16. The first-order valence-corrected chi connectivity index (χ1v) is 5.19. The third-order valence-corrected chi connectivity index (χ3v) is 2.16. The summed E-state index contributed by atoms with van der Waals surface area (Å²) in [5.74, 6) is -0.423. The maximum absolute atomic E-state index is 11.6. The Kier molecular flexibility index (Phi) is 6.72. The normalized spacial score (nSPS) is 14.4. The molecule has 0 aromatic rings. The number of ether oxygens (including phenoxy) is 1. The Morgan fingerprint density at radius 2 is 2.07 bits per heavy atom. The summed E-state index contributed by atoms with van der Waals surface area (Å²) in [5.41, 5.74) is 0. The van der Waals surface area contributed by atoms with E-state index in [1.54, 1.807) is 7.11 Å². The van der Waals surface area contributed by atoms with Crippen molar-refractivity contribution in [1.29, 1.82) is 5.26 Å². The van der Waals surface area contributed by atoms with Crippen LogP contribution in [0.2, 0.25) is 0 Å². The summed E-state index contributed by atoms with van der Waals surface area (Å²) in [7, 11) is 1.63. The van der Waals surface area contributed by atoms with Crippen molar-refractivity contribution in [3.63, 3.8) is 0 Å². The van der Waals surface area contributed by atoms with Gasteiger partial charge in [-0.1, -0.05) is 20.8 Å². The summed E-state index contributed by atoms with van der Waals surface area (Å²) < 4.78 is 4.95. The molecule has 1 N–H and O–H groups in total. The third-order valence-electron chi connectivity index (χ3n) is 2.16. The number of carbonyl (C=O) groups is 1. The first kappa shape index (κ1) is 13.9. The molecule has 0 fully saturated rings. The zero-order chi connectivity index (χ0) is 11.8. The van der Waals surface area contributed by atoms with E-state index in [-0.39, 0.29) is 17.7 Å². The number of carbonyl (C=O) groups excluding carboxylic acids is 1. The fraction of sp³-hybridized carbons (Fsp3) is 0.818. The van der Waals surface area contributed by atoms with Crippen molar-refractivity contribution >= 4 is 5.91 Å². The maximum Gasteiger partial charge on any atom is 0.237 e. The third kappa shape index (κ3) is 5.38. The summed E-state index contributed by atoms with van der Waals surface area (Å²) in [4.78, 5) is 11.6. The molecule has 0 spiro atoms. The number of rotatable bonds is 6. The van der Waals surface area contributed by atoms with Crippen molar-refractivity contribution in [2.45, 2.75) is 20.8 Å². The molecular weight excluding hydrogens is 192 g/mol. The highest BCUT2D eigenvalue weighted by molar-refractivity contribution is 5.81. The van der Waals surface area contributed by atoms with Gasteiger partial charge in [0.2, 0.25) is 5.91 Å². The number of hydrogen-bond acceptors (Lipinski definition) is 3. The average molecular weight is 212 g/mol. The standard InChI is InChI=1S/C11H20N2O2/c1-8(2)10(5-12)11(14)13-6-9(3)7-15-4/h8-10H,6-7H2,1-4H3,(H,13,14). The molecule has 0 aliphatic carbocycles. The molecule has 15 heavy (non-hydrogen) atoms. The number of nitriles is 1. The molecule has 2 atom stereocenters. The second kappa shape index (κ2) is 7.24. The largest absolute Gasteiger partial charge is 0.384 e. The molecule has 4 heteroatoms. The predicted molar refractivity (Wildman–Crippen MR) is 58.0 cm³/mol. The molecule has 0 saturated heterocycles. The van der Waals surface area contributed by atoms with Gasteiger partial charge in [0, 0.05) is 13.7 Å². The van der Waals surface area contributed by atoms with Crippen molar-refractivity contribution in [3.05, 3.63) is 0 Å². The van der Waals surface area contributed by atoms with Crippen molar-refractivity contribution in [2.24, 2.45) is 17.8 Å². The molecule has 0 aromatic carbocycles. The molecule has 2 unspecified atom stereocenters. The molecule has 0 saturated carbocycles. The van der Waals surface area contributed by atoms with E-state index in [2.05, 4.69) is 5.32 Å². The van der Waals surface area contributed by atoms with Crippen molar-refractivity contribution in [3.8, 4) is 6.07 Å². The van der Waals surface area contributed by atoms with Crippen LogP contribution in [0.15, 0.2) is 0 Å². The van der Waals surface area contributed by atoms with Crippen LogP contribution in [0.4, 0.5) is 0 Å². The predicted octanol–water partition coefficient (Wildman–Crippen LogP) is 1.18. The highest BCUT2D eigenvalue weighted by Crippen LogP contribution is 2.09. The van der Waals surface area contributed by atoms with Gasteiger partial charge in [-0.15, -0.1) is 0 Å². The number of amides is 1. The van der Waals surface area contributed by atoms with E-state index in [0.717, 1.165) is 0 Å². The lowest BCUT2D eigenvalue weighted by Crippen LogP contribution is -2.36. The van der Waals surface area contributed by atoms with Gasteiger partial charge in [-0.05, 0) is 11.8 Å². The maximum atomic E-state index is 11.6. The van der Waals surface area contributed by atoms with Crippen LogP contribution >= 0.6 is 0 Å². The Morgan fingerprint density at radius 1 is 1.47 bits per heavy atom. The van der Waals surface area contributed by atoms with Gasteiger partial charge in [0.15, 0.2) is 0 Å². The fourth-order valence-corrected chi connectivity index (χ4v) is 1.24. The summed E-state index contributed by atoms with van der Waals surface area (Å²) in [6, 6.07) is 2.01. The lowest BCUT2D eigenvalue weighted by Gasteiger charge is -2.15. The van der Waals surface area contributed by atoms with Gasteiger partial charge in [0.1, 0.15) is 5.92 Å². The lowest BCUT2D eigenvalue weighted by molar-refractivity contribution is -0.124. The minimum Gasteiger partial charge on any atom is -0.384 e. The fourth-order valence-electron chi connectivity index (χ4n) is 1.24. The first-order chi connectivity index (χ1) is 7.02. The van der Waals surface area contributed by atoms with E-state index in [0.29, 0.717) is 13.2 Å². The Balaban J connectivity index is 3.98. The Bertz CT molecular complexity index is 233. The van der Waals surface area contributed by atoms with Gasteiger partial charge in [-0.25, -0.2) is 0 Å². The molecule has 86 valence electrons. The number of nitrogens with zero attached hydrogens (tertiary/aromatic N) is 1. The quantitative estimate of drug-likeness (QED) is 0.719. The van der Waals surface area contributed by atoms with E-state index in [1.165, 1.54) is 0 Å². The highest BCUT2D eigenvalue weighted by Gasteiger charge is 2.21. The van der Waals surface area contributed by atoms with Gasteiger partial charge in [-0.2, -0.15) is 5.26 Å². The van der Waals surface area contributed by atoms with Gasteiger partial charge < -0.3 is 10.1 Å². The van der Waals surface area contributed by atoms with Crippen molar-refractivity contribution in [2.75, 3.05) is 20.3 Å². The number of methoxy groups -OCH3 is 1. The topological polar surface area (TPSA) is 62.1 Å². The molecule has 0 rings (SSSR count). The van der Waals surface area contributed by atoms with E-state index >= 15 is 0 Å². The first-order valence-electron chi connectivity index (χ1n) is 5.19. The SMILES string of the molecule is COCC(C)CNC(=O)C(C#N)C(C)C. The minimum atomic E-state index is -0.556. The molecule has 0 aromatic heterocycles. The molecule has 0 aliphatic heterocycles. The van der Waals surface area contributed by atoms with Crippen molar-refractivity contribution in [1.82, 2.24) is 5.32 Å². The molecular formula is C11H20N2O2. The molecule has 0 heterocycles. The molecule has 0 bridgehead atoms. The minimum absolute atomic E-state index is 0.0488. The van der Waals surface area contributed by atoms with E-state index in [9.17, 15) is 4.79 Å². The summed E-state index contributed by atoms with van der Waals surface area (Å²) >= 11 is 0. The van der Waals surface area contributed by atoms with Crippen LogP contribution < -0.4 is 5.32 Å². The van der Waals surface area contributed by atoms with Gasteiger partial charge in [-0.3, -0.25) is 4.79 Å². The van der Waals surface area contributed by atoms with Crippen molar-refractivity contribution < 1.29 is 9.53 Å². The molecule has 1 amide bonds. The Morgan fingerprint density at radius 3 is 2.47 bits per heavy atom. The second-order valence-electron chi connectivity index (χ2n) is 4.16. The summed E-state index contributed by atoms with van der Waals surface area (Å²) in [6.45, 7) is 6.88. The average Bonchev–Trinajstić information content (AvgIpc) is 2.15. The van der Waals surface area contributed by atoms with Crippen LogP contribution in [-0.4, -0.2) is 26.2 Å². The Hall–Kier alpha value is -1.08. The van der Waals surface area contributed by atoms with Crippen LogP contribution in [0.1, 0.15) is 20.8 Å². The highest BCUT2D eigenvalue weighted by atomic mass is 16.5. The summed E-state index contributed by atoms with van der Waals surface area (Å²) in [5, 5.41) is 11.6. The molecule has 0 radical (unpaired) electrons. The van der Waals surface area contributed by atoms with Gasteiger partial charge in [0.25, 0.3) is 0 Å². The van der Waals surface area contributed by atoms with Gasteiger partial charge >= 0.3 is 0 Å². The van der Waals surface area contributed by atoms with Crippen LogP contribution in [0.5, 0.6) is 0 Å². The number of nitrogens with one attached hydrogen (secondary N) is 1. The van der Waals surface area contributed by atoms with E-state index in [1.807, 2.05) is 26.8 Å². The van der Waals surface area contributed by atoms with Crippen LogP contribution in [0.3, 0.4) is 0 Å². The van der Waals surface area contributed by atoms with E-state index < -0.39 is 5.92 Å². The van der Waals surface area contributed by atoms with Crippen LogP contribution in [0.25, 0.3) is 0 Å². The van der Waals surface area contributed by atoms with Gasteiger partial charge in [0.05, 0.1) is 12.7 Å². The van der Waals surface area contributed by atoms with Crippen LogP contribution in [0, 0.1) is 29.1 Å². The molecule has 0 aliphatic rings. The smallest absolute Gasteiger partial charge is 0.237 e. The monoisotopic (exact) mass is 212 g/mol. The summed E-state index contributed by atoms with van der Waals surface area (Å²) in [6.07, 6.45) is 0. The van der Waals surface area contributed by atoms with Crippen LogP contribution in [-0.2, 0) is 9.53 Å². The number of hydrogen-bond donors (Lipinski definition) is 1. The molecule has 4 nitrogen and oxygen atoms in total. The van der Waals surface area contributed by atoms with E-state index in [4.69, 9.17) is 10.00 Å².